The summed E-state index contributed by atoms with van der Waals surface area (Å²) < 4.78 is 28.6. The van der Waals surface area contributed by atoms with Gasteiger partial charge in [-0.2, -0.15) is 10.4 Å². The maximum Gasteiger partial charge on any atom is 0.272 e. The van der Waals surface area contributed by atoms with Crippen LogP contribution in [0, 0.1) is 16.7 Å². The summed E-state index contributed by atoms with van der Waals surface area (Å²) in [7, 11) is 0. The van der Waals surface area contributed by atoms with Crippen molar-refractivity contribution in [1.29, 1.82) is 10.7 Å². The van der Waals surface area contributed by atoms with Crippen molar-refractivity contribution < 1.29 is 13.5 Å². The molecular weight excluding hydrogens is 256 g/mol. The van der Waals surface area contributed by atoms with Gasteiger partial charge in [0.15, 0.2) is 5.84 Å². The van der Waals surface area contributed by atoms with Gasteiger partial charge in [0.25, 0.3) is 6.43 Å². The Morgan fingerprint density at radius 3 is 2.58 bits per heavy atom. The number of anilines is 1. The minimum Gasteiger partial charge on any atom is -0.488 e. The molecule has 0 atom stereocenters. The summed E-state index contributed by atoms with van der Waals surface area (Å²) in [5.74, 6) is -0.159. The maximum atomic E-state index is 11.9. The number of nitrogens with two attached hydrogens (primary N) is 1. The number of amidine groups is 1. The Morgan fingerprint density at radius 2 is 2.11 bits per heavy atom. The number of ether oxygens (including phenoxy) is 1. The molecule has 6 nitrogen and oxygen atoms in total. The Morgan fingerprint density at radius 1 is 1.47 bits per heavy atom. The second-order valence-electron chi connectivity index (χ2n) is 3.32. The molecule has 0 fully saturated rings. The van der Waals surface area contributed by atoms with Crippen LogP contribution in [0.25, 0.3) is 0 Å². The van der Waals surface area contributed by atoms with Crippen molar-refractivity contribution in [3.05, 3.63) is 24.3 Å². The summed E-state index contributed by atoms with van der Waals surface area (Å²) in [6, 6.07) is 7.64. The second-order valence-corrected chi connectivity index (χ2v) is 3.32. The number of benzene rings is 1. The van der Waals surface area contributed by atoms with E-state index in [0.29, 0.717) is 11.4 Å². The highest BCUT2D eigenvalue weighted by molar-refractivity contribution is 6.45. The summed E-state index contributed by atoms with van der Waals surface area (Å²) >= 11 is 0. The van der Waals surface area contributed by atoms with Crippen LogP contribution < -0.4 is 15.9 Å². The van der Waals surface area contributed by atoms with Gasteiger partial charge in [0.2, 0.25) is 5.71 Å². The van der Waals surface area contributed by atoms with Crippen molar-refractivity contribution in [1.82, 2.24) is 0 Å². The van der Waals surface area contributed by atoms with Gasteiger partial charge >= 0.3 is 0 Å². The molecule has 0 aliphatic carbocycles. The van der Waals surface area contributed by atoms with Crippen LogP contribution in [-0.4, -0.2) is 24.6 Å². The van der Waals surface area contributed by atoms with Crippen molar-refractivity contribution in [2.45, 2.75) is 6.43 Å². The van der Waals surface area contributed by atoms with E-state index in [1.54, 1.807) is 6.07 Å². The largest absolute Gasteiger partial charge is 0.488 e. The Kier molecular flexibility index (Phi) is 5.22. The van der Waals surface area contributed by atoms with Gasteiger partial charge in [-0.05, 0) is 24.3 Å². The summed E-state index contributed by atoms with van der Waals surface area (Å²) in [5, 5.41) is 19.3. The first-order valence-corrected chi connectivity index (χ1v) is 5.12. The lowest BCUT2D eigenvalue weighted by molar-refractivity contribution is 0.0819. The molecule has 1 rings (SSSR count). The lowest BCUT2D eigenvalue weighted by atomic mass is 10.3. The highest BCUT2D eigenvalue weighted by Gasteiger charge is 2.04. The fourth-order valence-electron chi connectivity index (χ4n) is 1.05. The van der Waals surface area contributed by atoms with Crippen LogP contribution in [-0.2, 0) is 0 Å². The summed E-state index contributed by atoms with van der Waals surface area (Å²) in [6.07, 6.45) is -2.53. The molecule has 0 heterocycles. The summed E-state index contributed by atoms with van der Waals surface area (Å²) in [6.45, 7) is -0.673. The van der Waals surface area contributed by atoms with E-state index in [2.05, 4.69) is 10.5 Å². The van der Waals surface area contributed by atoms with E-state index in [0.717, 1.165) is 0 Å². The molecule has 0 amide bonds. The molecule has 1 aromatic carbocycles. The molecule has 0 unspecified atom stereocenters. The molecule has 0 aliphatic heterocycles. The molecule has 0 aromatic heterocycles. The monoisotopic (exact) mass is 267 g/mol. The quantitative estimate of drug-likeness (QED) is 0.413. The summed E-state index contributed by atoms with van der Waals surface area (Å²) in [5.41, 5.74) is 7.86. The number of halogens is 2. The molecule has 100 valence electrons. The van der Waals surface area contributed by atoms with Crippen molar-refractivity contribution in [2.75, 3.05) is 12.0 Å². The predicted molar refractivity (Wildman–Crippen MR) is 66.5 cm³/mol. The van der Waals surface area contributed by atoms with Crippen molar-refractivity contribution in [3.63, 3.8) is 0 Å². The Labute approximate surface area is 108 Å². The number of hydrogen-bond acceptors (Lipinski definition) is 5. The molecular formula is C11H11F2N5O. The highest BCUT2D eigenvalue weighted by atomic mass is 19.3. The topological polar surface area (TPSA) is 107 Å². The third-order valence-corrected chi connectivity index (χ3v) is 1.89. The molecule has 0 aliphatic rings. The number of nitrogens with zero attached hydrogens (tertiary/aromatic N) is 2. The SMILES string of the molecule is N#C/C(=N\Nc1ccc(OCC(F)F)cc1)C(=N)N. The molecule has 0 spiro atoms. The lowest BCUT2D eigenvalue weighted by Gasteiger charge is -2.06. The van der Waals surface area contributed by atoms with E-state index in [9.17, 15) is 8.78 Å². The number of alkyl halides is 2. The van der Waals surface area contributed by atoms with E-state index >= 15 is 0 Å². The molecule has 19 heavy (non-hydrogen) atoms. The molecule has 0 bridgehead atoms. The maximum absolute atomic E-state index is 11.9. The molecule has 0 saturated carbocycles. The first-order chi connectivity index (χ1) is 9.02. The molecule has 4 N–H and O–H groups in total. The standard InChI is InChI=1S/C11H11F2N5O/c12-10(13)6-19-8-3-1-7(2-4-8)17-18-9(5-14)11(15)16/h1-4,10,17H,6H2,(H3,15,16)/b18-9+. The van der Waals surface area contributed by atoms with Crippen LogP contribution in [0.5, 0.6) is 5.75 Å². The normalized spacial score (nSPS) is 10.9. The van der Waals surface area contributed by atoms with Crippen molar-refractivity contribution in [3.8, 4) is 11.8 Å². The van der Waals surface area contributed by atoms with Crippen LogP contribution in [0.1, 0.15) is 0 Å². The fraction of sp³-hybridized carbons (Fsp3) is 0.182. The molecule has 0 radical (unpaired) electrons. The Hall–Kier alpha value is -2.69. The van der Waals surface area contributed by atoms with Gasteiger partial charge in [-0.25, -0.2) is 8.78 Å². The Bertz CT molecular complexity index is 507. The fourth-order valence-corrected chi connectivity index (χ4v) is 1.05. The zero-order valence-corrected chi connectivity index (χ0v) is 9.73. The minimum absolute atomic E-state index is 0.252. The van der Waals surface area contributed by atoms with Gasteiger partial charge in [0.1, 0.15) is 18.4 Å². The van der Waals surface area contributed by atoms with Crippen LogP contribution in [0.15, 0.2) is 29.4 Å². The zero-order valence-electron chi connectivity index (χ0n) is 9.73. The number of rotatable bonds is 6. The molecule has 8 heteroatoms. The van der Waals surface area contributed by atoms with Crippen LogP contribution >= 0.6 is 0 Å². The highest BCUT2D eigenvalue weighted by Crippen LogP contribution is 2.16. The van der Waals surface area contributed by atoms with E-state index in [1.165, 1.54) is 24.3 Å². The van der Waals surface area contributed by atoms with Gasteiger partial charge in [0.05, 0.1) is 5.69 Å². The van der Waals surface area contributed by atoms with Gasteiger partial charge in [0, 0.05) is 0 Å². The third-order valence-electron chi connectivity index (χ3n) is 1.89. The van der Waals surface area contributed by atoms with Gasteiger partial charge in [-0.15, -0.1) is 0 Å². The van der Waals surface area contributed by atoms with E-state index in [1.807, 2.05) is 0 Å². The smallest absolute Gasteiger partial charge is 0.272 e. The zero-order chi connectivity index (χ0) is 14.3. The van der Waals surface area contributed by atoms with Gasteiger partial charge < -0.3 is 10.5 Å². The molecule has 0 saturated heterocycles. The average Bonchev–Trinajstić information content (AvgIpc) is 2.38. The van der Waals surface area contributed by atoms with E-state index in [4.69, 9.17) is 21.1 Å². The lowest BCUT2D eigenvalue weighted by Crippen LogP contribution is -2.21. The average molecular weight is 267 g/mol. The van der Waals surface area contributed by atoms with E-state index < -0.39 is 18.9 Å². The minimum atomic E-state index is -2.53. The van der Waals surface area contributed by atoms with Gasteiger partial charge in [-0.3, -0.25) is 10.8 Å². The number of nitrogens with one attached hydrogen (secondary N) is 2. The van der Waals surface area contributed by atoms with Crippen LogP contribution in [0.2, 0.25) is 0 Å². The van der Waals surface area contributed by atoms with Crippen LogP contribution in [0.3, 0.4) is 0 Å². The molecule has 1 aromatic rings. The first kappa shape index (κ1) is 14.4. The first-order valence-electron chi connectivity index (χ1n) is 5.12. The number of hydrogen-bond donors (Lipinski definition) is 3. The van der Waals surface area contributed by atoms with Crippen LogP contribution in [0.4, 0.5) is 14.5 Å². The Balaban J connectivity index is 2.62. The second kappa shape index (κ2) is 6.90. The number of nitriles is 1. The van der Waals surface area contributed by atoms with Gasteiger partial charge in [-0.1, -0.05) is 0 Å². The third kappa shape index (κ3) is 4.99. The number of hydrazone groups is 1. The van der Waals surface area contributed by atoms with Crippen molar-refractivity contribution >= 4 is 17.2 Å². The summed E-state index contributed by atoms with van der Waals surface area (Å²) in [4.78, 5) is 0. The van der Waals surface area contributed by atoms with E-state index in [-0.39, 0.29) is 5.71 Å². The van der Waals surface area contributed by atoms with Crippen molar-refractivity contribution in [2.24, 2.45) is 10.8 Å². The predicted octanol–water partition coefficient (Wildman–Crippen LogP) is 1.56.